The topological polar surface area (TPSA) is 28.2 Å². The van der Waals surface area contributed by atoms with Crippen molar-refractivity contribution in [2.75, 3.05) is 13.1 Å². The van der Waals surface area contributed by atoms with Crippen LogP contribution in [0.5, 0.6) is 0 Å². The molecular weight excluding hydrogens is 614 g/mol. The van der Waals surface area contributed by atoms with Crippen LogP contribution in [0.2, 0.25) is 0 Å². The van der Waals surface area contributed by atoms with E-state index in [2.05, 4.69) is 35.8 Å². The number of benzene rings is 1. The molecule has 0 spiro atoms. The Bertz CT molecular complexity index is 303. The summed E-state index contributed by atoms with van der Waals surface area (Å²) in [6.07, 6.45) is 2.33. The van der Waals surface area contributed by atoms with Gasteiger partial charge in [-0.3, -0.25) is 0 Å². The van der Waals surface area contributed by atoms with Crippen molar-refractivity contribution >= 4 is 11.4 Å². The third-order valence-corrected chi connectivity index (χ3v) is 2.26. The van der Waals surface area contributed by atoms with Gasteiger partial charge in [0.2, 0.25) is 0 Å². The second-order valence-electron chi connectivity index (χ2n) is 3.46. The Morgan fingerprint density at radius 3 is 2.20 bits per heavy atom. The van der Waals surface area contributed by atoms with Gasteiger partial charge in [-0.15, -0.1) is 13.1 Å². The van der Waals surface area contributed by atoms with Crippen LogP contribution in [0.1, 0.15) is 18.4 Å². The minimum absolute atomic E-state index is 0. The number of hydrogen-bond donors (Lipinski definition) is 0. The normalized spacial score (nSPS) is 13.9. The fourth-order valence-corrected chi connectivity index (χ4v) is 1.52. The molecule has 1 aliphatic rings. The van der Waals surface area contributed by atoms with Crippen molar-refractivity contribution < 1.29 is 88.1 Å². The molecule has 1 aliphatic heterocycles. The number of aryl methyl sites for hydroxylation is 1. The molecule has 1 aromatic rings. The van der Waals surface area contributed by atoms with E-state index in [4.69, 9.17) is 0 Å². The van der Waals surface area contributed by atoms with Gasteiger partial charge < -0.3 is 10.6 Å². The van der Waals surface area contributed by atoms with E-state index in [0.717, 1.165) is 37.3 Å². The van der Waals surface area contributed by atoms with E-state index >= 15 is 0 Å². The summed E-state index contributed by atoms with van der Waals surface area (Å²) in [6, 6.07) is 6.28. The molecule has 0 saturated carbocycles. The van der Waals surface area contributed by atoms with E-state index in [-0.39, 0.29) is 88.1 Å². The number of rotatable bonds is 0. The van der Waals surface area contributed by atoms with Gasteiger partial charge in [-0.25, -0.2) is 0 Å². The first-order valence-electron chi connectivity index (χ1n) is 4.82. The van der Waals surface area contributed by atoms with Gasteiger partial charge >= 0.3 is 0 Å². The van der Waals surface area contributed by atoms with Crippen molar-refractivity contribution in [1.82, 2.24) is 0 Å². The van der Waals surface area contributed by atoms with Crippen molar-refractivity contribution in [3.05, 3.63) is 34.4 Å². The van der Waals surface area contributed by atoms with E-state index in [1.165, 1.54) is 5.56 Å². The summed E-state index contributed by atoms with van der Waals surface area (Å²) in [7, 11) is 0. The fraction of sp³-hybridized carbons (Fsp3) is 0.455. The van der Waals surface area contributed by atoms with Crippen LogP contribution >= 0.6 is 0 Å². The van der Waals surface area contributed by atoms with E-state index in [0.29, 0.717) is 0 Å². The van der Waals surface area contributed by atoms with Crippen molar-refractivity contribution in [3.63, 3.8) is 0 Å². The zero-order valence-electron chi connectivity index (χ0n) is 9.11. The Hall–Kier alpha value is 1.70. The fourth-order valence-electron chi connectivity index (χ4n) is 1.52. The summed E-state index contributed by atoms with van der Waals surface area (Å²) in [5.74, 6) is 0. The summed E-state index contributed by atoms with van der Waals surface area (Å²) in [6.45, 7) is 3.99. The molecule has 1 aromatic carbocycles. The van der Waals surface area contributed by atoms with Crippen LogP contribution in [-0.2, 0) is 0 Å². The standard InChI is InChI=1S/C11H14N2.2Ac/c1-9-4-5-10-11(8-9)13-7-3-2-6-12-10;;/h4-5,8H,2-3,6-7H2,1H3;;/q-2;;. The first-order valence-corrected chi connectivity index (χ1v) is 4.82. The van der Waals surface area contributed by atoms with Gasteiger partial charge in [-0.2, -0.15) is 11.4 Å². The van der Waals surface area contributed by atoms with Crippen LogP contribution in [0.3, 0.4) is 0 Å². The molecule has 0 aromatic heterocycles. The van der Waals surface area contributed by atoms with Crippen LogP contribution in [0, 0.1) is 95.0 Å². The second-order valence-corrected chi connectivity index (χ2v) is 3.46. The second kappa shape index (κ2) is 8.74. The first kappa shape index (κ1) is 16.7. The Morgan fingerprint density at radius 1 is 0.933 bits per heavy atom. The number of hydrogen-bond acceptors (Lipinski definition) is 0. The summed E-state index contributed by atoms with van der Waals surface area (Å²) < 4.78 is 0. The van der Waals surface area contributed by atoms with Crippen molar-refractivity contribution in [2.24, 2.45) is 0 Å². The maximum Gasteiger partial charge on any atom is 0 e. The van der Waals surface area contributed by atoms with Gasteiger partial charge in [0.05, 0.1) is 0 Å². The molecular formula is C11H14Ac2N2-2. The number of nitrogens with zero attached hydrogens (tertiary/aromatic N) is 2. The molecule has 0 saturated heterocycles. The average molecular weight is 628 g/mol. The van der Waals surface area contributed by atoms with Gasteiger partial charge in [0, 0.05) is 88.1 Å². The average Bonchev–Trinajstić information content (AvgIpc) is 2.08. The maximum absolute atomic E-state index is 4.51. The quantitative estimate of drug-likeness (QED) is 0.419. The van der Waals surface area contributed by atoms with Crippen molar-refractivity contribution in [3.8, 4) is 0 Å². The minimum Gasteiger partial charge on any atom is -0.685 e. The summed E-state index contributed by atoms with van der Waals surface area (Å²) in [5, 5.41) is 9.01. The van der Waals surface area contributed by atoms with Crippen LogP contribution in [0.4, 0.5) is 11.4 Å². The summed E-state index contributed by atoms with van der Waals surface area (Å²) >= 11 is 0. The molecule has 2 radical (unpaired) electrons. The molecule has 2 nitrogen and oxygen atoms in total. The summed E-state index contributed by atoms with van der Waals surface area (Å²) in [4.78, 5) is 0. The van der Waals surface area contributed by atoms with Gasteiger partial charge in [-0.05, 0) is 6.92 Å². The molecule has 0 aliphatic carbocycles. The maximum atomic E-state index is 4.51. The van der Waals surface area contributed by atoms with Crippen molar-refractivity contribution in [1.29, 1.82) is 0 Å². The van der Waals surface area contributed by atoms with E-state index in [9.17, 15) is 0 Å². The molecule has 15 heavy (non-hydrogen) atoms. The van der Waals surface area contributed by atoms with Crippen LogP contribution in [0.25, 0.3) is 10.6 Å². The smallest absolute Gasteiger partial charge is 0 e. The molecule has 0 atom stereocenters. The van der Waals surface area contributed by atoms with Gasteiger partial charge in [0.25, 0.3) is 0 Å². The van der Waals surface area contributed by atoms with Gasteiger partial charge in [-0.1, -0.05) is 36.6 Å². The van der Waals surface area contributed by atoms with Gasteiger partial charge in [0.1, 0.15) is 0 Å². The third kappa shape index (κ3) is 5.25. The Labute approximate surface area is 163 Å². The van der Waals surface area contributed by atoms with E-state index < -0.39 is 0 Å². The molecule has 0 N–H and O–H groups in total. The molecule has 0 unspecified atom stereocenters. The molecule has 2 rings (SSSR count). The third-order valence-electron chi connectivity index (χ3n) is 2.26. The SMILES string of the molecule is Cc1ccc2c(c1)[N-]CCCC[N-]2.[Ac].[Ac]. The predicted molar refractivity (Wildman–Crippen MR) is 56.2 cm³/mol. The van der Waals surface area contributed by atoms with Crippen molar-refractivity contribution in [2.45, 2.75) is 19.8 Å². The van der Waals surface area contributed by atoms with E-state index in [1.807, 2.05) is 0 Å². The zero-order chi connectivity index (χ0) is 9.10. The Morgan fingerprint density at radius 2 is 1.53 bits per heavy atom. The first-order chi connectivity index (χ1) is 6.36. The van der Waals surface area contributed by atoms with E-state index in [1.54, 1.807) is 0 Å². The molecule has 76 valence electrons. The van der Waals surface area contributed by atoms with Gasteiger partial charge in [0.15, 0.2) is 0 Å². The van der Waals surface area contributed by atoms with Crippen LogP contribution in [-0.4, -0.2) is 13.1 Å². The largest absolute Gasteiger partial charge is 0.685 e. The molecule has 0 fully saturated rings. The molecule has 4 heteroatoms. The molecule has 0 amide bonds. The zero-order valence-corrected chi connectivity index (χ0v) is 18.6. The van der Waals surface area contributed by atoms with Crippen LogP contribution in [0.15, 0.2) is 18.2 Å². The number of fused-ring (bicyclic) bond motifs is 1. The predicted octanol–water partition coefficient (Wildman–Crippen LogP) is 3.80. The Kier molecular flexibility index (Phi) is 9.74. The molecule has 1 heterocycles. The minimum atomic E-state index is 0. The van der Waals surface area contributed by atoms with Crippen LogP contribution < -0.4 is 0 Å². The molecule has 0 bridgehead atoms. The Balaban J connectivity index is 0.000000980. The monoisotopic (exact) mass is 628 g/mol. The summed E-state index contributed by atoms with van der Waals surface area (Å²) in [5.41, 5.74) is 3.39.